The van der Waals surface area contributed by atoms with Gasteiger partial charge >= 0.3 is 6.03 Å². The fourth-order valence-corrected chi connectivity index (χ4v) is 4.04. The van der Waals surface area contributed by atoms with Gasteiger partial charge in [-0.25, -0.2) is 4.79 Å². The summed E-state index contributed by atoms with van der Waals surface area (Å²) in [5, 5.41) is 6.08. The Morgan fingerprint density at radius 1 is 1.04 bits per heavy atom. The molecule has 0 aromatic heterocycles. The van der Waals surface area contributed by atoms with Gasteiger partial charge in [0.05, 0.1) is 0 Å². The maximum atomic E-state index is 12.2. The Bertz CT molecular complexity index is 595. The summed E-state index contributed by atoms with van der Waals surface area (Å²) in [4.78, 5) is 17.1. The monoisotopic (exact) mass is 358 g/mol. The van der Waals surface area contributed by atoms with Gasteiger partial charge in [0.25, 0.3) is 0 Å². The van der Waals surface area contributed by atoms with Gasteiger partial charge in [0.2, 0.25) is 0 Å². The van der Waals surface area contributed by atoms with E-state index in [0.717, 1.165) is 39.1 Å². The van der Waals surface area contributed by atoms with Crippen LogP contribution >= 0.6 is 0 Å². The standard InChI is InChI=1S/C21H34N4O/c1-21(2,25-12-6-3-7-13-25)17-23-20(26)22-11-15-24-14-10-18-8-4-5-9-19(18)16-24/h4-5,8-9H,3,6-7,10-17H2,1-2H3,(H2,22,23,26). The second kappa shape index (κ2) is 8.87. The summed E-state index contributed by atoms with van der Waals surface area (Å²) < 4.78 is 0. The summed E-state index contributed by atoms with van der Waals surface area (Å²) in [6, 6.07) is 8.61. The highest BCUT2D eigenvalue weighted by Crippen LogP contribution is 2.20. The van der Waals surface area contributed by atoms with Crippen molar-refractivity contribution < 1.29 is 4.79 Å². The first-order valence-corrected chi connectivity index (χ1v) is 10.1. The molecule has 3 rings (SSSR count). The van der Waals surface area contributed by atoms with E-state index in [0.29, 0.717) is 13.1 Å². The van der Waals surface area contributed by atoms with Crippen LogP contribution < -0.4 is 10.6 Å². The molecule has 26 heavy (non-hydrogen) atoms. The molecular formula is C21H34N4O. The number of benzene rings is 1. The van der Waals surface area contributed by atoms with E-state index >= 15 is 0 Å². The van der Waals surface area contributed by atoms with E-state index in [1.807, 2.05) is 0 Å². The largest absolute Gasteiger partial charge is 0.337 e. The summed E-state index contributed by atoms with van der Waals surface area (Å²) in [5.74, 6) is 0. The summed E-state index contributed by atoms with van der Waals surface area (Å²) >= 11 is 0. The Labute approximate surface area is 158 Å². The smallest absolute Gasteiger partial charge is 0.314 e. The highest BCUT2D eigenvalue weighted by molar-refractivity contribution is 5.73. The van der Waals surface area contributed by atoms with Crippen molar-refractivity contribution in [2.24, 2.45) is 0 Å². The number of carbonyl (C=O) groups is 1. The van der Waals surface area contributed by atoms with E-state index in [9.17, 15) is 4.79 Å². The van der Waals surface area contributed by atoms with Crippen molar-refractivity contribution in [3.63, 3.8) is 0 Å². The van der Waals surface area contributed by atoms with Gasteiger partial charge in [-0.15, -0.1) is 0 Å². The predicted octanol–water partition coefficient (Wildman–Crippen LogP) is 2.61. The van der Waals surface area contributed by atoms with Crippen molar-refractivity contribution in [2.45, 2.75) is 51.6 Å². The van der Waals surface area contributed by atoms with Crippen molar-refractivity contribution in [2.75, 3.05) is 39.3 Å². The van der Waals surface area contributed by atoms with Gasteiger partial charge < -0.3 is 10.6 Å². The van der Waals surface area contributed by atoms with Gasteiger partial charge in [0, 0.05) is 38.3 Å². The number of amides is 2. The average molecular weight is 359 g/mol. The third-order valence-electron chi connectivity index (χ3n) is 5.82. The minimum absolute atomic E-state index is 0.0222. The quantitative estimate of drug-likeness (QED) is 0.822. The predicted molar refractivity (Wildman–Crippen MR) is 106 cm³/mol. The summed E-state index contributed by atoms with van der Waals surface area (Å²) in [6.07, 6.45) is 4.98. The van der Waals surface area contributed by atoms with Crippen molar-refractivity contribution in [3.05, 3.63) is 35.4 Å². The number of nitrogens with one attached hydrogen (secondary N) is 2. The minimum atomic E-state index is -0.0486. The molecule has 1 aromatic rings. The number of rotatable bonds is 6. The lowest BCUT2D eigenvalue weighted by molar-refractivity contribution is 0.0959. The van der Waals surface area contributed by atoms with Crippen molar-refractivity contribution in [1.82, 2.24) is 20.4 Å². The Morgan fingerprint density at radius 3 is 2.54 bits per heavy atom. The van der Waals surface area contributed by atoms with E-state index in [4.69, 9.17) is 0 Å². The molecule has 0 unspecified atom stereocenters. The van der Waals surface area contributed by atoms with Gasteiger partial charge in [-0.05, 0) is 57.3 Å². The molecule has 2 aliphatic heterocycles. The third kappa shape index (κ3) is 5.21. The second-order valence-corrected chi connectivity index (χ2v) is 8.26. The second-order valence-electron chi connectivity index (χ2n) is 8.26. The van der Waals surface area contributed by atoms with Crippen LogP contribution in [0.4, 0.5) is 4.79 Å². The van der Waals surface area contributed by atoms with Crippen LogP contribution in [-0.4, -0.2) is 60.6 Å². The molecule has 0 radical (unpaired) electrons. The fraction of sp³-hybridized carbons (Fsp3) is 0.667. The van der Waals surface area contributed by atoms with Crippen molar-refractivity contribution >= 4 is 6.03 Å². The maximum absolute atomic E-state index is 12.2. The van der Waals surface area contributed by atoms with E-state index in [2.05, 4.69) is 58.5 Å². The summed E-state index contributed by atoms with van der Waals surface area (Å²) in [7, 11) is 0. The topological polar surface area (TPSA) is 47.6 Å². The van der Waals surface area contributed by atoms with Crippen LogP contribution in [0.1, 0.15) is 44.2 Å². The molecule has 1 fully saturated rings. The molecule has 0 atom stereocenters. The lowest BCUT2D eigenvalue weighted by atomic mass is 9.98. The minimum Gasteiger partial charge on any atom is -0.337 e. The van der Waals surface area contributed by atoms with Crippen LogP contribution in [0.5, 0.6) is 0 Å². The highest BCUT2D eigenvalue weighted by Gasteiger charge is 2.28. The van der Waals surface area contributed by atoms with Crippen LogP contribution in [0.2, 0.25) is 0 Å². The molecule has 0 bridgehead atoms. The zero-order chi connectivity index (χ0) is 18.4. The number of hydrogen-bond acceptors (Lipinski definition) is 3. The molecule has 5 heteroatoms. The molecule has 2 aliphatic rings. The molecule has 5 nitrogen and oxygen atoms in total. The molecule has 0 saturated carbocycles. The molecule has 0 spiro atoms. The van der Waals surface area contributed by atoms with Crippen LogP contribution in [0.3, 0.4) is 0 Å². The molecular weight excluding hydrogens is 324 g/mol. The first kappa shape index (κ1) is 19.2. The van der Waals surface area contributed by atoms with Gasteiger partial charge in [-0.2, -0.15) is 0 Å². The number of nitrogens with zero attached hydrogens (tertiary/aromatic N) is 2. The normalized spacial score (nSPS) is 19.0. The SMILES string of the molecule is CC(C)(CNC(=O)NCCN1CCc2ccccc2C1)N1CCCCC1. The van der Waals surface area contributed by atoms with Crippen molar-refractivity contribution in [3.8, 4) is 0 Å². The number of hydrogen-bond donors (Lipinski definition) is 2. The van der Waals surface area contributed by atoms with Gasteiger partial charge in [-0.1, -0.05) is 30.7 Å². The molecule has 144 valence electrons. The average Bonchev–Trinajstić information content (AvgIpc) is 2.67. The van der Waals surface area contributed by atoms with Crippen LogP contribution in [-0.2, 0) is 13.0 Å². The van der Waals surface area contributed by atoms with Crippen LogP contribution in [0.25, 0.3) is 0 Å². The first-order valence-electron chi connectivity index (χ1n) is 10.1. The number of carbonyl (C=O) groups excluding carboxylic acids is 1. The fourth-order valence-electron chi connectivity index (χ4n) is 4.04. The zero-order valence-electron chi connectivity index (χ0n) is 16.4. The molecule has 1 aromatic carbocycles. The number of fused-ring (bicyclic) bond motifs is 1. The van der Waals surface area contributed by atoms with E-state index < -0.39 is 0 Å². The summed E-state index contributed by atoms with van der Waals surface area (Å²) in [6.45, 7) is 11.1. The molecule has 1 saturated heterocycles. The van der Waals surface area contributed by atoms with Gasteiger partial charge in [0.1, 0.15) is 0 Å². The molecule has 2 amide bonds. The maximum Gasteiger partial charge on any atom is 0.314 e. The van der Waals surface area contributed by atoms with Crippen molar-refractivity contribution in [1.29, 1.82) is 0 Å². The molecule has 2 heterocycles. The lowest BCUT2D eigenvalue weighted by Crippen LogP contribution is -2.54. The number of likely N-dealkylation sites (tertiary alicyclic amines) is 1. The Hall–Kier alpha value is -1.59. The number of piperidine rings is 1. The lowest BCUT2D eigenvalue weighted by Gasteiger charge is -2.41. The van der Waals surface area contributed by atoms with Crippen LogP contribution in [0, 0.1) is 0 Å². The van der Waals surface area contributed by atoms with Gasteiger partial charge in [0.15, 0.2) is 0 Å². The van der Waals surface area contributed by atoms with Gasteiger partial charge in [-0.3, -0.25) is 9.80 Å². The Balaban J connectivity index is 1.34. The highest BCUT2D eigenvalue weighted by atomic mass is 16.2. The zero-order valence-corrected chi connectivity index (χ0v) is 16.4. The third-order valence-corrected chi connectivity index (χ3v) is 5.82. The Morgan fingerprint density at radius 2 is 1.77 bits per heavy atom. The number of urea groups is 1. The first-order chi connectivity index (χ1) is 12.5. The molecule has 0 aliphatic carbocycles. The van der Waals surface area contributed by atoms with Crippen LogP contribution in [0.15, 0.2) is 24.3 Å². The Kier molecular flexibility index (Phi) is 6.54. The summed E-state index contributed by atoms with van der Waals surface area (Å²) in [5.41, 5.74) is 2.91. The van der Waals surface area contributed by atoms with E-state index in [1.54, 1.807) is 0 Å². The molecule has 2 N–H and O–H groups in total. The van der Waals surface area contributed by atoms with E-state index in [-0.39, 0.29) is 11.6 Å². The van der Waals surface area contributed by atoms with E-state index in [1.165, 1.54) is 30.4 Å².